The predicted molar refractivity (Wildman–Crippen MR) is 129 cm³/mol. The van der Waals surface area contributed by atoms with E-state index in [1.54, 1.807) is 7.11 Å². The van der Waals surface area contributed by atoms with Crippen molar-refractivity contribution in [1.82, 2.24) is 4.90 Å². The highest BCUT2D eigenvalue weighted by atomic mass is 35.5. The van der Waals surface area contributed by atoms with Crippen LogP contribution in [-0.2, 0) is 0 Å². The largest absolute Gasteiger partial charge is 0.495 e. The van der Waals surface area contributed by atoms with Crippen LogP contribution in [0.25, 0.3) is 0 Å². The molecule has 2 aromatic rings. The van der Waals surface area contributed by atoms with E-state index in [9.17, 15) is 0 Å². The number of rotatable bonds is 5. The molecule has 2 atom stereocenters. The molecule has 0 aromatic heterocycles. The second kappa shape index (κ2) is 9.30. The molecule has 2 aromatic carbocycles. The highest BCUT2D eigenvalue weighted by Crippen LogP contribution is 2.40. The average molecular weight is 443 g/mol. The van der Waals surface area contributed by atoms with Crippen LogP contribution in [0.2, 0.25) is 5.02 Å². The summed E-state index contributed by atoms with van der Waals surface area (Å²) in [6.07, 6.45) is 3.95. The number of nitrogens with zero attached hydrogens (tertiary/aromatic N) is 2. The lowest BCUT2D eigenvalue weighted by molar-refractivity contribution is 0.0712. The van der Waals surface area contributed by atoms with Crippen molar-refractivity contribution in [2.24, 2.45) is 0 Å². The fraction of sp³-hybridized carbons (Fsp3) is 0.538. The molecule has 0 aliphatic carbocycles. The number of benzene rings is 2. The number of hydrogen-bond acceptors (Lipinski definition) is 4. The van der Waals surface area contributed by atoms with Gasteiger partial charge in [-0.15, -0.1) is 0 Å². The summed E-state index contributed by atoms with van der Waals surface area (Å²) >= 11 is 6.24. The zero-order chi connectivity index (χ0) is 22.1. The fourth-order valence-electron chi connectivity index (χ4n) is 5.22. The van der Waals surface area contributed by atoms with Gasteiger partial charge in [-0.2, -0.15) is 0 Å². The average Bonchev–Trinajstić information content (AvgIpc) is 2.76. The predicted octanol–water partition coefficient (Wildman–Crippen LogP) is 6.17. The molecule has 0 bridgehead atoms. The number of fused-ring (bicyclic) bond motifs is 1. The highest BCUT2D eigenvalue weighted by molar-refractivity contribution is 6.32. The van der Waals surface area contributed by atoms with E-state index in [0.29, 0.717) is 17.1 Å². The fourth-order valence-corrected chi connectivity index (χ4v) is 5.42. The summed E-state index contributed by atoms with van der Waals surface area (Å²) in [5.41, 5.74) is 5.33. The molecule has 4 nitrogen and oxygen atoms in total. The minimum atomic E-state index is 0.197. The second-order valence-corrected chi connectivity index (χ2v) is 9.58. The Kier molecular flexibility index (Phi) is 6.68. The Morgan fingerprint density at radius 1 is 1.00 bits per heavy atom. The van der Waals surface area contributed by atoms with Gasteiger partial charge < -0.3 is 14.4 Å². The summed E-state index contributed by atoms with van der Waals surface area (Å²) < 4.78 is 11.5. The molecule has 2 saturated heterocycles. The Hall–Kier alpha value is -1.91. The van der Waals surface area contributed by atoms with Gasteiger partial charge in [0.15, 0.2) is 0 Å². The van der Waals surface area contributed by atoms with E-state index in [2.05, 4.69) is 61.8 Å². The number of piperidine rings is 1. The van der Waals surface area contributed by atoms with Crippen molar-refractivity contribution >= 4 is 17.3 Å². The third-order valence-electron chi connectivity index (χ3n) is 6.94. The molecule has 2 heterocycles. The van der Waals surface area contributed by atoms with Gasteiger partial charge in [-0.3, -0.25) is 4.90 Å². The van der Waals surface area contributed by atoms with Crippen molar-refractivity contribution in [1.29, 1.82) is 0 Å². The maximum atomic E-state index is 6.24. The number of piperazine rings is 1. The van der Waals surface area contributed by atoms with E-state index in [1.807, 2.05) is 6.07 Å². The van der Waals surface area contributed by atoms with E-state index >= 15 is 0 Å². The lowest BCUT2D eigenvalue weighted by Gasteiger charge is -2.49. The van der Waals surface area contributed by atoms with Crippen LogP contribution in [0.1, 0.15) is 55.8 Å². The van der Waals surface area contributed by atoms with Gasteiger partial charge in [0, 0.05) is 43.5 Å². The number of methoxy groups -OCH3 is 1. The first-order valence-corrected chi connectivity index (χ1v) is 11.9. The smallest absolute Gasteiger partial charge is 0.139 e. The van der Waals surface area contributed by atoms with Crippen LogP contribution >= 0.6 is 11.6 Å². The Balaban J connectivity index is 1.54. The van der Waals surface area contributed by atoms with E-state index < -0.39 is 0 Å². The zero-order valence-corrected chi connectivity index (χ0v) is 20.2. The molecule has 0 saturated carbocycles. The SMILES string of the molecule is COc1cc(N2CCN3C(CCC[C@@H]3c3ccc(OC(C)C)c(C)c3C)C2)ccc1Cl. The summed E-state index contributed by atoms with van der Waals surface area (Å²) in [5, 5.41) is 0.665. The van der Waals surface area contributed by atoms with Gasteiger partial charge in [-0.05, 0) is 81.8 Å². The molecule has 5 heteroatoms. The second-order valence-electron chi connectivity index (χ2n) is 9.17. The van der Waals surface area contributed by atoms with Crippen molar-refractivity contribution in [3.05, 3.63) is 52.0 Å². The molecule has 2 aliphatic heterocycles. The molecule has 0 radical (unpaired) electrons. The first-order valence-electron chi connectivity index (χ1n) is 11.5. The molecule has 2 aliphatic rings. The molecule has 0 N–H and O–H groups in total. The normalized spacial score (nSPS) is 21.8. The van der Waals surface area contributed by atoms with Gasteiger partial charge in [0.05, 0.1) is 18.2 Å². The third kappa shape index (κ3) is 4.51. The molecule has 4 rings (SSSR count). The van der Waals surface area contributed by atoms with Crippen LogP contribution in [0.3, 0.4) is 0 Å². The Morgan fingerprint density at radius 2 is 1.81 bits per heavy atom. The van der Waals surface area contributed by atoms with Crippen molar-refractivity contribution in [3.8, 4) is 11.5 Å². The van der Waals surface area contributed by atoms with E-state index in [-0.39, 0.29) is 6.10 Å². The molecule has 1 unspecified atom stereocenters. The van der Waals surface area contributed by atoms with Crippen LogP contribution in [-0.4, -0.2) is 43.8 Å². The summed E-state index contributed by atoms with van der Waals surface area (Å²) in [4.78, 5) is 5.23. The van der Waals surface area contributed by atoms with E-state index in [0.717, 1.165) is 31.1 Å². The van der Waals surface area contributed by atoms with Crippen LogP contribution in [0, 0.1) is 13.8 Å². The molecular formula is C26H35ClN2O2. The molecule has 0 spiro atoms. The first-order chi connectivity index (χ1) is 14.9. The summed E-state index contributed by atoms with van der Waals surface area (Å²) in [7, 11) is 1.68. The van der Waals surface area contributed by atoms with E-state index in [1.165, 1.54) is 41.6 Å². The Morgan fingerprint density at radius 3 is 2.55 bits per heavy atom. The van der Waals surface area contributed by atoms with Gasteiger partial charge in [-0.1, -0.05) is 17.7 Å². The lowest BCUT2D eigenvalue weighted by atomic mass is 9.86. The zero-order valence-electron chi connectivity index (χ0n) is 19.5. The van der Waals surface area contributed by atoms with Crippen molar-refractivity contribution in [3.63, 3.8) is 0 Å². The van der Waals surface area contributed by atoms with Gasteiger partial charge >= 0.3 is 0 Å². The topological polar surface area (TPSA) is 24.9 Å². The van der Waals surface area contributed by atoms with E-state index in [4.69, 9.17) is 21.1 Å². The standard InChI is InChI=1S/C26H35ClN2O2/c1-17(2)31-25-12-10-22(18(3)19(25)4)24-8-6-7-21-16-28(13-14-29(21)24)20-9-11-23(27)26(15-20)30-5/h9-12,15,17,21,24H,6-8,13-14,16H2,1-5H3/t21?,24-/m1/s1. The van der Waals surface area contributed by atoms with Gasteiger partial charge in [0.25, 0.3) is 0 Å². The molecule has 168 valence electrons. The van der Waals surface area contributed by atoms with Crippen LogP contribution < -0.4 is 14.4 Å². The number of halogens is 1. The summed E-state index contributed by atoms with van der Waals surface area (Å²) in [6.45, 7) is 11.8. The van der Waals surface area contributed by atoms with Crippen molar-refractivity contribution in [2.45, 2.75) is 65.1 Å². The van der Waals surface area contributed by atoms with Crippen LogP contribution in [0.15, 0.2) is 30.3 Å². The number of anilines is 1. The third-order valence-corrected chi connectivity index (χ3v) is 7.26. The maximum Gasteiger partial charge on any atom is 0.139 e. The minimum absolute atomic E-state index is 0.197. The number of hydrogen-bond donors (Lipinski definition) is 0. The van der Waals surface area contributed by atoms with Crippen LogP contribution in [0.4, 0.5) is 5.69 Å². The Labute approximate surface area is 192 Å². The summed E-state index contributed by atoms with van der Waals surface area (Å²) in [6, 6.07) is 11.7. The summed E-state index contributed by atoms with van der Waals surface area (Å²) in [5.74, 6) is 1.77. The van der Waals surface area contributed by atoms with Crippen molar-refractivity contribution < 1.29 is 9.47 Å². The first kappa shape index (κ1) is 22.3. The van der Waals surface area contributed by atoms with Crippen molar-refractivity contribution in [2.75, 3.05) is 31.6 Å². The monoisotopic (exact) mass is 442 g/mol. The Bertz CT molecular complexity index is 930. The maximum absolute atomic E-state index is 6.24. The molecule has 31 heavy (non-hydrogen) atoms. The van der Waals surface area contributed by atoms with Gasteiger partial charge in [-0.25, -0.2) is 0 Å². The quantitative estimate of drug-likeness (QED) is 0.552. The number of ether oxygens (including phenoxy) is 2. The minimum Gasteiger partial charge on any atom is -0.495 e. The highest BCUT2D eigenvalue weighted by Gasteiger charge is 2.36. The lowest BCUT2D eigenvalue weighted by Crippen LogP contribution is -2.56. The van der Waals surface area contributed by atoms with Gasteiger partial charge in [0.1, 0.15) is 11.5 Å². The molecule has 0 amide bonds. The van der Waals surface area contributed by atoms with Crippen LogP contribution in [0.5, 0.6) is 11.5 Å². The van der Waals surface area contributed by atoms with Gasteiger partial charge in [0.2, 0.25) is 0 Å². The molecular weight excluding hydrogens is 408 g/mol. The molecule has 2 fully saturated rings.